The lowest BCUT2D eigenvalue weighted by molar-refractivity contribution is -0.688. The molecule has 0 radical (unpaired) electrons. The summed E-state index contributed by atoms with van der Waals surface area (Å²) in [5.74, 6) is 1.36. The van der Waals surface area contributed by atoms with Gasteiger partial charge in [0.25, 0.3) is 0 Å². The molecule has 10 heteroatoms. The summed E-state index contributed by atoms with van der Waals surface area (Å²) in [6.45, 7) is 1.03. The van der Waals surface area contributed by atoms with E-state index < -0.39 is 14.2 Å². The Morgan fingerprint density at radius 2 is 0.944 bits per heavy atom. The van der Waals surface area contributed by atoms with E-state index in [1.165, 1.54) is 0 Å². The van der Waals surface area contributed by atoms with Gasteiger partial charge in [-0.3, -0.25) is 0 Å². The average Bonchev–Trinajstić information content (AvgIpc) is 2.89. The van der Waals surface area contributed by atoms with E-state index in [0.717, 1.165) is 22.3 Å². The van der Waals surface area contributed by atoms with Crippen LogP contribution in [0.25, 0.3) is 11.1 Å². The molecule has 0 aliphatic carbocycles. The van der Waals surface area contributed by atoms with Crippen LogP contribution in [-0.4, -0.2) is 48.6 Å². The first-order chi connectivity index (χ1) is 17.4. The number of hydrogen-bond donors (Lipinski definition) is 4. The van der Waals surface area contributed by atoms with Gasteiger partial charge in [0.15, 0.2) is 37.9 Å². The van der Waals surface area contributed by atoms with Gasteiger partial charge >= 0.3 is 14.2 Å². The number of hydrogen-bond acceptors (Lipinski definition) is 6. The fourth-order valence-electron chi connectivity index (χ4n) is 4.07. The Morgan fingerprint density at radius 3 is 1.25 bits per heavy atom. The van der Waals surface area contributed by atoms with Gasteiger partial charge in [0.2, 0.25) is 0 Å². The Bertz CT molecular complexity index is 1210. The molecule has 0 unspecified atom stereocenters. The zero-order valence-electron chi connectivity index (χ0n) is 20.2. The maximum Gasteiger partial charge on any atom is 0.488 e. The molecule has 2 aromatic carbocycles. The summed E-state index contributed by atoms with van der Waals surface area (Å²) in [6.07, 6.45) is 7.87. The Balaban J connectivity index is 1.49. The van der Waals surface area contributed by atoms with Gasteiger partial charge in [-0.2, -0.15) is 0 Å². The Labute approximate surface area is 210 Å². The van der Waals surface area contributed by atoms with Crippen LogP contribution in [0.1, 0.15) is 11.1 Å². The molecule has 182 valence electrons. The molecule has 0 fully saturated rings. The molecule has 0 spiro atoms. The minimum Gasteiger partial charge on any atom is -0.496 e. The van der Waals surface area contributed by atoms with Crippen LogP contribution in [0.5, 0.6) is 11.5 Å². The monoisotopic (exact) mass is 486 g/mol. The van der Waals surface area contributed by atoms with Crippen molar-refractivity contribution in [2.24, 2.45) is 0 Å². The number of ether oxygens (including phenoxy) is 2. The van der Waals surface area contributed by atoms with E-state index in [9.17, 15) is 20.1 Å². The van der Waals surface area contributed by atoms with Crippen molar-refractivity contribution in [1.82, 2.24) is 0 Å². The minimum atomic E-state index is -1.53. The summed E-state index contributed by atoms with van der Waals surface area (Å²) in [5.41, 5.74) is 4.61. The van der Waals surface area contributed by atoms with Gasteiger partial charge in [-0.25, -0.2) is 9.13 Å². The van der Waals surface area contributed by atoms with Crippen LogP contribution >= 0.6 is 0 Å². The first kappa shape index (κ1) is 25.4. The number of methoxy groups -OCH3 is 2. The molecule has 0 aliphatic rings. The predicted octanol–water partition coefficient (Wildman–Crippen LogP) is -0.598. The Hall–Kier alpha value is -3.69. The lowest BCUT2D eigenvalue weighted by atomic mass is 9.79. The molecule has 0 aliphatic heterocycles. The summed E-state index contributed by atoms with van der Waals surface area (Å²) < 4.78 is 14.8. The molecule has 2 aromatic heterocycles. The first-order valence-electron chi connectivity index (χ1n) is 11.4. The number of rotatable bonds is 9. The summed E-state index contributed by atoms with van der Waals surface area (Å²) in [5, 5.41) is 37.9. The van der Waals surface area contributed by atoms with Crippen molar-refractivity contribution in [3.05, 3.63) is 96.6 Å². The van der Waals surface area contributed by atoms with Crippen molar-refractivity contribution < 1.29 is 38.7 Å². The van der Waals surface area contributed by atoms with Crippen LogP contribution in [-0.2, 0) is 13.1 Å². The molecule has 4 N–H and O–H groups in total. The second-order valence-electron chi connectivity index (χ2n) is 8.41. The van der Waals surface area contributed by atoms with Crippen LogP contribution in [0.4, 0.5) is 0 Å². The van der Waals surface area contributed by atoms with E-state index in [1.54, 1.807) is 50.6 Å². The fourth-order valence-corrected chi connectivity index (χ4v) is 4.07. The number of nitrogens with zero attached hydrogens (tertiary/aromatic N) is 2. The van der Waals surface area contributed by atoms with Gasteiger partial charge in [-0.1, -0.05) is 12.1 Å². The second-order valence-corrected chi connectivity index (χ2v) is 8.41. The smallest absolute Gasteiger partial charge is 0.488 e. The second kappa shape index (κ2) is 11.4. The predicted molar refractivity (Wildman–Crippen MR) is 136 cm³/mol. The van der Waals surface area contributed by atoms with E-state index in [2.05, 4.69) is 0 Å². The van der Waals surface area contributed by atoms with E-state index in [1.807, 2.05) is 58.2 Å². The quantitative estimate of drug-likeness (QED) is 0.186. The maximum atomic E-state index is 9.48. The van der Waals surface area contributed by atoms with Crippen LogP contribution < -0.4 is 29.5 Å². The molecule has 0 atom stereocenters. The van der Waals surface area contributed by atoms with Crippen molar-refractivity contribution in [1.29, 1.82) is 0 Å². The van der Waals surface area contributed by atoms with Crippen molar-refractivity contribution >= 4 is 25.2 Å². The number of aromatic nitrogens is 2. The van der Waals surface area contributed by atoms with Crippen LogP contribution in [0.3, 0.4) is 0 Å². The highest BCUT2D eigenvalue weighted by atomic mass is 16.5. The normalized spacial score (nSPS) is 10.7. The van der Waals surface area contributed by atoms with E-state index >= 15 is 0 Å². The van der Waals surface area contributed by atoms with Crippen LogP contribution in [0.15, 0.2) is 85.5 Å². The number of benzene rings is 2. The third-order valence-electron chi connectivity index (χ3n) is 6.03. The van der Waals surface area contributed by atoms with Crippen LogP contribution in [0.2, 0.25) is 0 Å². The van der Waals surface area contributed by atoms with Crippen molar-refractivity contribution in [2.75, 3.05) is 14.2 Å². The molecule has 0 bridgehead atoms. The molecule has 8 nitrogen and oxygen atoms in total. The van der Waals surface area contributed by atoms with Crippen molar-refractivity contribution in [2.45, 2.75) is 13.1 Å². The average molecular weight is 486 g/mol. The zero-order chi connectivity index (χ0) is 25.7. The van der Waals surface area contributed by atoms with Crippen molar-refractivity contribution in [3.8, 4) is 22.6 Å². The van der Waals surface area contributed by atoms with Gasteiger partial charge in [-0.05, 0) is 46.3 Å². The lowest BCUT2D eigenvalue weighted by Crippen LogP contribution is -2.36. The molecule has 0 saturated carbocycles. The van der Waals surface area contributed by atoms with E-state index in [0.29, 0.717) is 35.5 Å². The van der Waals surface area contributed by atoms with E-state index in [4.69, 9.17) is 9.47 Å². The molecular weight excluding hydrogens is 458 g/mol. The van der Waals surface area contributed by atoms with Gasteiger partial charge in [0, 0.05) is 24.3 Å². The van der Waals surface area contributed by atoms with Gasteiger partial charge in [0.05, 0.1) is 25.3 Å². The molecule has 0 saturated heterocycles. The fraction of sp³-hybridized carbons (Fsp3) is 0.154. The summed E-state index contributed by atoms with van der Waals surface area (Å²) in [7, 11) is 0.112. The molecule has 4 rings (SSSR count). The SMILES string of the molecule is COc1ccc(B(O)O)cc1C[n+]1ccc(-c2cc[n+](Cc3cc(B(O)O)ccc3OC)cc2)cc1. The van der Waals surface area contributed by atoms with Crippen LogP contribution in [0, 0.1) is 0 Å². The summed E-state index contributed by atoms with van der Waals surface area (Å²) in [6, 6.07) is 18.3. The third kappa shape index (κ3) is 5.92. The van der Waals surface area contributed by atoms with E-state index in [-0.39, 0.29) is 0 Å². The largest absolute Gasteiger partial charge is 0.496 e. The summed E-state index contributed by atoms with van der Waals surface area (Å²) >= 11 is 0. The molecular formula is C26H28B2N2O6+2. The van der Waals surface area contributed by atoms with Gasteiger partial charge < -0.3 is 29.6 Å². The minimum absolute atomic E-state index is 0.414. The molecule has 36 heavy (non-hydrogen) atoms. The third-order valence-corrected chi connectivity index (χ3v) is 6.03. The van der Waals surface area contributed by atoms with Gasteiger partial charge in [0.1, 0.15) is 11.5 Å². The zero-order valence-corrected chi connectivity index (χ0v) is 20.2. The molecule has 2 heterocycles. The first-order valence-corrected chi connectivity index (χ1v) is 11.4. The number of pyridine rings is 2. The molecule has 0 amide bonds. The topological polar surface area (TPSA) is 107 Å². The molecule has 4 aromatic rings. The highest BCUT2D eigenvalue weighted by Gasteiger charge is 2.18. The Morgan fingerprint density at radius 1 is 0.583 bits per heavy atom. The highest BCUT2D eigenvalue weighted by molar-refractivity contribution is 6.59. The summed E-state index contributed by atoms with van der Waals surface area (Å²) in [4.78, 5) is 0. The Kier molecular flexibility index (Phi) is 8.02. The van der Waals surface area contributed by atoms with Crippen molar-refractivity contribution in [3.63, 3.8) is 0 Å². The standard InChI is InChI=1S/C26H28B2N2O6/c1-35-25-5-3-23(27(31)32)15-21(25)17-29-11-7-19(8-12-29)20-9-13-30(14-10-20)18-22-16-24(28(33)34)4-6-26(22)36-2/h3-16,31-34H,17-18H2,1-2H3/q+2. The maximum absolute atomic E-state index is 9.48. The highest BCUT2D eigenvalue weighted by Crippen LogP contribution is 2.19. The van der Waals surface area contributed by atoms with Gasteiger partial charge in [-0.15, -0.1) is 0 Å². The lowest BCUT2D eigenvalue weighted by Gasteiger charge is -2.09.